The molecule has 0 radical (unpaired) electrons. The Labute approximate surface area is 333 Å². The average Bonchev–Trinajstić information content (AvgIpc) is 3.21. The summed E-state index contributed by atoms with van der Waals surface area (Å²) in [6.07, 6.45) is -44.4. The van der Waals surface area contributed by atoms with Crippen molar-refractivity contribution in [3.8, 4) is 0 Å². The maximum Gasteiger partial charge on any atom is 0.217 e. The Hall–Kier alpha value is -1.53. The summed E-state index contributed by atoms with van der Waals surface area (Å²) in [5.41, 5.74) is 0. The van der Waals surface area contributed by atoms with Crippen LogP contribution in [0.15, 0.2) is 0 Å². The molecule has 5 saturated heterocycles. The zero-order valence-electron chi connectivity index (χ0n) is 31.2. The Morgan fingerprint density at radius 3 is 1.31 bits per heavy atom. The molecule has 5 rings (SSSR count). The van der Waals surface area contributed by atoms with Crippen LogP contribution in [0.25, 0.3) is 0 Å². The van der Waals surface area contributed by atoms with Gasteiger partial charge in [0, 0.05) is 6.92 Å². The quantitative estimate of drug-likeness (QED) is 0.0770. The largest absolute Gasteiger partial charge is 0.394 e. The van der Waals surface area contributed by atoms with Crippen molar-refractivity contribution in [3.05, 3.63) is 0 Å². The smallest absolute Gasteiger partial charge is 0.217 e. The lowest BCUT2D eigenvalue weighted by Crippen LogP contribution is -2.70. The first kappa shape index (κ1) is 48.5. The van der Waals surface area contributed by atoms with E-state index in [0.717, 1.165) is 6.92 Å². The Morgan fingerprint density at radius 1 is 0.407 bits per heavy atom. The van der Waals surface area contributed by atoms with Gasteiger partial charge in [-0.15, -0.1) is 0 Å². The minimum atomic E-state index is -2.12. The maximum absolute atomic E-state index is 12.5. The van der Waals surface area contributed by atoms with E-state index in [1.807, 2.05) is 0 Å². The first-order valence-electron chi connectivity index (χ1n) is 18.6. The summed E-state index contributed by atoms with van der Waals surface area (Å²) in [6, 6.07) is -1.70. The molecule has 5 fully saturated rings. The predicted octanol–water partition coefficient (Wildman–Crippen LogP) is -11.8. The molecule has 25 atom stereocenters. The fourth-order valence-corrected chi connectivity index (χ4v) is 7.43. The van der Waals surface area contributed by atoms with Crippen molar-refractivity contribution in [2.45, 2.75) is 160 Å². The highest BCUT2D eigenvalue weighted by molar-refractivity contribution is 5.73. The zero-order chi connectivity index (χ0) is 43.6. The fourth-order valence-electron chi connectivity index (χ4n) is 7.43. The molecule has 0 aromatic rings. The molecule has 0 spiro atoms. The highest BCUT2D eigenvalue weighted by Gasteiger charge is 2.57. The van der Waals surface area contributed by atoms with E-state index in [0.29, 0.717) is 0 Å². The number of carbonyl (C=O) groups excluding carboxylic acids is 1. The molecular formula is C32H55NO26. The molecule has 5 aliphatic heterocycles. The molecule has 5 aliphatic rings. The second-order valence-electron chi connectivity index (χ2n) is 14.7. The van der Waals surface area contributed by atoms with Gasteiger partial charge in [-0.25, -0.2) is 0 Å². The number of hydrogen-bond acceptors (Lipinski definition) is 26. The molecule has 0 unspecified atom stereocenters. The number of carbonyl (C=O) groups is 1. The Balaban J connectivity index is 1.37. The van der Waals surface area contributed by atoms with Gasteiger partial charge in [-0.3, -0.25) is 4.79 Å². The zero-order valence-corrected chi connectivity index (χ0v) is 31.2. The topological polar surface area (TPSA) is 436 Å². The van der Waals surface area contributed by atoms with Crippen LogP contribution in [0.5, 0.6) is 0 Å². The van der Waals surface area contributed by atoms with Crippen LogP contribution in [-0.4, -0.2) is 274 Å². The van der Waals surface area contributed by atoms with Crippen LogP contribution in [0.1, 0.15) is 6.92 Å². The number of hydrogen-bond donors (Lipinski definition) is 17. The number of rotatable bonds is 14. The number of aliphatic hydroxyl groups is 16. The molecule has 344 valence electrons. The summed E-state index contributed by atoms with van der Waals surface area (Å²) < 4.78 is 50.2. The van der Waals surface area contributed by atoms with Gasteiger partial charge in [0.05, 0.1) is 33.0 Å². The van der Waals surface area contributed by atoms with E-state index in [1.165, 1.54) is 0 Å². The van der Waals surface area contributed by atoms with Crippen molar-refractivity contribution in [1.29, 1.82) is 0 Å². The van der Waals surface area contributed by atoms with Crippen LogP contribution in [0, 0.1) is 0 Å². The minimum Gasteiger partial charge on any atom is -0.394 e. The Bertz CT molecular complexity index is 1320. The lowest BCUT2D eigenvalue weighted by atomic mass is 9.94. The standard InChI is InChI=1S/C32H55NO26/c1-7(39)33-13-26(58-32-23(49)27(16(42)10(4-36)54-32)59-30-21(47)17(43)14(40)8(2-34)53-30)15(41)9(3-35)52-29(13)56-25-12(6-38)55-31(22(48)19(25)45)57-24-11(5-37)51-28(50)20(46)18(24)44/h8-32,34-38,40-50H,2-6H2,1H3,(H,33,39)/t8-,9-,10-,11-,12-,13-,14+,15+,16+,17+,18-,19-,20-,21-,22-,23-,24-,25+,26-,27+,28-,29+,30-,31+,32+/m1/s1. The molecule has 59 heavy (non-hydrogen) atoms. The van der Waals surface area contributed by atoms with Gasteiger partial charge in [-0.2, -0.15) is 0 Å². The number of ether oxygens (including phenoxy) is 9. The monoisotopic (exact) mass is 869 g/mol. The van der Waals surface area contributed by atoms with Crippen LogP contribution >= 0.6 is 0 Å². The fraction of sp³-hybridized carbons (Fsp3) is 0.969. The van der Waals surface area contributed by atoms with Gasteiger partial charge >= 0.3 is 0 Å². The summed E-state index contributed by atoms with van der Waals surface area (Å²) in [7, 11) is 0. The molecule has 17 N–H and O–H groups in total. The van der Waals surface area contributed by atoms with E-state index in [2.05, 4.69) is 5.32 Å². The molecule has 27 nitrogen and oxygen atoms in total. The lowest BCUT2D eigenvalue weighted by molar-refractivity contribution is -0.385. The van der Waals surface area contributed by atoms with Crippen LogP contribution in [0.3, 0.4) is 0 Å². The normalized spacial score (nSPS) is 51.0. The van der Waals surface area contributed by atoms with Crippen molar-refractivity contribution >= 4 is 5.91 Å². The van der Waals surface area contributed by atoms with Gasteiger partial charge in [0.15, 0.2) is 31.5 Å². The van der Waals surface area contributed by atoms with E-state index < -0.39 is 192 Å². The molecule has 27 heteroatoms. The molecule has 1 amide bonds. The van der Waals surface area contributed by atoms with Crippen molar-refractivity contribution < 1.29 is 129 Å². The molecular weight excluding hydrogens is 814 g/mol. The summed E-state index contributed by atoms with van der Waals surface area (Å²) >= 11 is 0. The van der Waals surface area contributed by atoms with Crippen molar-refractivity contribution in [3.63, 3.8) is 0 Å². The predicted molar refractivity (Wildman–Crippen MR) is 178 cm³/mol. The van der Waals surface area contributed by atoms with Crippen LogP contribution in [0.4, 0.5) is 0 Å². The van der Waals surface area contributed by atoms with Crippen molar-refractivity contribution in [2.24, 2.45) is 0 Å². The highest BCUT2D eigenvalue weighted by atomic mass is 16.8. The van der Waals surface area contributed by atoms with E-state index in [-0.39, 0.29) is 0 Å². The van der Waals surface area contributed by atoms with Gasteiger partial charge < -0.3 is 130 Å². The molecule has 5 heterocycles. The van der Waals surface area contributed by atoms with E-state index >= 15 is 0 Å². The summed E-state index contributed by atoms with van der Waals surface area (Å²) in [5, 5.41) is 169. The average molecular weight is 870 g/mol. The van der Waals surface area contributed by atoms with Gasteiger partial charge in [-0.1, -0.05) is 0 Å². The summed E-state index contributed by atoms with van der Waals surface area (Å²) in [5.74, 6) is -0.820. The van der Waals surface area contributed by atoms with Gasteiger partial charge in [0.1, 0.15) is 122 Å². The second-order valence-corrected chi connectivity index (χ2v) is 14.7. The van der Waals surface area contributed by atoms with E-state index in [9.17, 15) is 86.5 Å². The van der Waals surface area contributed by atoms with Crippen LogP contribution in [-0.2, 0) is 47.4 Å². The number of nitrogens with one attached hydrogen (secondary N) is 1. The highest BCUT2D eigenvalue weighted by Crippen LogP contribution is 2.35. The maximum atomic E-state index is 12.5. The van der Waals surface area contributed by atoms with Gasteiger partial charge in [0.25, 0.3) is 0 Å². The second kappa shape index (κ2) is 20.8. The summed E-state index contributed by atoms with van der Waals surface area (Å²) in [6.45, 7) is -3.58. The van der Waals surface area contributed by atoms with Gasteiger partial charge in [-0.05, 0) is 0 Å². The Kier molecular flexibility index (Phi) is 17.1. The molecule has 0 aromatic carbocycles. The minimum absolute atomic E-state index is 0.820. The van der Waals surface area contributed by atoms with Gasteiger partial charge in [0.2, 0.25) is 5.91 Å². The Morgan fingerprint density at radius 2 is 0.780 bits per heavy atom. The third kappa shape index (κ3) is 10.2. The number of amides is 1. The third-order valence-electron chi connectivity index (χ3n) is 10.7. The van der Waals surface area contributed by atoms with E-state index in [4.69, 9.17) is 42.6 Å². The third-order valence-corrected chi connectivity index (χ3v) is 10.7. The van der Waals surface area contributed by atoms with Crippen molar-refractivity contribution in [2.75, 3.05) is 33.0 Å². The first-order chi connectivity index (χ1) is 27.9. The number of aliphatic hydroxyl groups excluding tert-OH is 16. The molecule has 0 aromatic heterocycles. The SMILES string of the molecule is CC(=O)N[C@H]1[C@H](O[C@@H]2[C@H](O)[C@@H](O)[C@H](O[C@H]3[C@H](O)[C@@H](O)[C@H](O)O[C@@H]3CO)O[C@@H]2CO)O[C@H](CO)[C@H](O)[C@@H]1O[C@@H]1O[C@H](CO)[C@H](O)[C@H](O[C@H]2O[C@H](CO)[C@H](O)[C@H](O)[C@H]2O)[C@H]1O. The first-order valence-corrected chi connectivity index (χ1v) is 18.6. The molecule has 0 saturated carbocycles. The molecule has 0 bridgehead atoms. The molecule has 0 aliphatic carbocycles. The lowest BCUT2D eigenvalue weighted by Gasteiger charge is -2.50. The summed E-state index contributed by atoms with van der Waals surface area (Å²) in [4.78, 5) is 12.5. The van der Waals surface area contributed by atoms with Crippen LogP contribution < -0.4 is 5.32 Å². The van der Waals surface area contributed by atoms with Crippen LogP contribution in [0.2, 0.25) is 0 Å². The van der Waals surface area contributed by atoms with E-state index in [1.54, 1.807) is 0 Å². The van der Waals surface area contributed by atoms with Crippen molar-refractivity contribution in [1.82, 2.24) is 5.32 Å².